The number of methoxy groups -OCH3 is 1. The third-order valence-corrected chi connectivity index (χ3v) is 4.00. The fraction of sp³-hybridized carbons (Fsp3) is 0.111. The number of ether oxygens (including phenoxy) is 1. The number of nitro benzene ring substituents is 1. The highest BCUT2D eigenvalue weighted by Gasteiger charge is 2.21. The van der Waals surface area contributed by atoms with Gasteiger partial charge in [-0.2, -0.15) is 0 Å². The average molecular weight is 397 g/mol. The van der Waals surface area contributed by atoms with Crippen LogP contribution in [-0.2, 0) is 6.54 Å². The molecule has 0 atom stereocenters. The third-order valence-electron chi connectivity index (χ3n) is 4.00. The van der Waals surface area contributed by atoms with Crippen LogP contribution in [0.25, 0.3) is 0 Å². The van der Waals surface area contributed by atoms with E-state index < -0.39 is 27.8 Å². The molecule has 0 bridgehead atoms. The van der Waals surface area contributed by atoms with Gasteiger partial charge in [0, 0.05) is 12.4 Å². The molecule has 2 aromatic heterocycles. The highest BCUT2D eigenvalue weighted by atomic mass is 16.6. The monoisotopic (exact) mass is 397 g/mol. The van der Waals surface area contributed by atoms with Crippen LogP contribution in [0, 0.1) is 10.1 Å². The molecule has 2 N–H and O–H groups in total. The minimum absolute atomic E-state index is 0.123. The summed E-state index contributed by atoms with van der Waals surface area (Å²) in [6.45, 7) is -0.140. The zero-order valence-corrected chi connectivity index (χ0v) is 15.1. The highest BCUT2D eigenvalue weighted by Crippen LogP contribution is 2.29. The summed E-state index contributed by atoms with van der Waals surface area (Å²) < 4.78 is 5.76. The lowest BCUT2D eigenvalue weighted by Gasteiger charge is -2.09. The van der Waals surface area contributed by atoms with Crippen molar-refractivity contribution in [1.29, 1.82) is 0 Å². The first-order valence-electron chi connectivity index (χ1n) is 8.27. The Morgan fingerprint density at radius 2 is 2.10 bits per heavy atom. The van der Waals surface area contributed by atoms with Crippen LogP contribution in [0.5, 0.6) is 5.75 Å². The number of nitrogens with one attached hydrogen (secondary N) is 2. The molecular formula is C18H15N5O6. The first-order valence-corrected chi connectivity index (χ1v) is 8.27. The minimum Gasteiger partial charge on any atom is -0.496 e. The van der Waals surface area contributed by atoms with Crippen LogP contribution in [0.4, 0.5) is 11.4 Å². The van der Waals surface area contributed by atoms with Crippen LogP contribution >= 0.6 is 0 Å². The lowest BCUT2D eigenvalue weighted by Crippen LogP contribution is -2.39. The second-order valence-electron chi connectivity index (χ2n) is 5.81. The largest absolute Gasteiger partial charge is 0.496 e. The summed E-state index contributed by atoms with van der Waals surface area (Å²) in [4.78, 5) is 54.2. The molecule has 0 saturated heterocycles. The van der Waals surface area contributed by atoms with Crippen LogP contribution in [0.3, 0.4) is 0 Å². The second-order valence-corrected chi connectivity index (χ2v) is 5.81. The molecule has 0 fully saturated rings. The summed E-state index contributed by atoms with van der Waals surface area (Å²) in [5.74, 6) is -0.675. The summed E-state index contributed by atoms with van der Waals surface area (Å²) in [6.07, 6.45) is 2.47. The van der Waals surface area contributed by atoms with Crippen LogP contribution in [-0.4, -0.2) is 32.5 Å². The first kappa shape index (κ1) is 19.5. The van der Waals surface area contributed by atoms with Gasteiger partial charge in [-0.05, 0) is 24.3 Å². The lowest BCUT2D eigenvalue weighted by molar-refractivity contribution is -0.384. The number of carbonyl (C=O) groups is 1. The van der Waals surface area contributed by atoms with E-state index in [-0.39, 0.29) is 23.5 Å². The number of rotatable bonds is 6. The van der Waals surface area contributed by atoms with Gasteiger partial charge in [0.25, 0.3) is 17.2 Å². The zero-order valence-electron chi connectivity index (χ0n) is 15.1. The fourth-order valence-electron chi connectivity index (χ4n) is 2.56. The van der Waals surface area contributed by atoms with E-state index in [1.807, 2.05) is 0 Å². The predicted octanol–water partition coefficient (Wildman–Crippen LogP) is 1.15. The molecular weight excluding hydrogens is 382 g/mol. The van der Waals surface area contributed by atoms with Crippen molar-refractivity contribution in [2.24, 2.45) is 0 Å². The second kappa shape index (κ2) is 8.17. The van der Waals surface area contributed by atoms with Crippen LogP contribution in [0.15, 0.2) is 58.4 Å². The van der Waals surface area contributed by atoms with Crippen molar-refractivity contribution in [3.63, 3.8) is 0 Å². The Morgan fingerprint density at radius 1 is 1.31 bits per heavy atom. The summed E-state index contributed by atoms with van der Waals surface area (Å²) >= 11 is 0. The molecule has 3 aromatic rings. The van der Waals surface area contributed by atoms with Crippen molar-refractivity contribution in [3.05, 3.63) is 91.0 Å². The maximum atomic E-state index is 12.6. The summed E-state index contributed by atoms with van der Waals surface area (Å²) in [5.41, 5.74) is -2.03. The van der Waals surface area contributed by atoms with E-state index in [0.29, 0.717) is 5.69 Å². The van der Waals surface area contributed by atoms with Gasteiger partial charge in [0.05, 0.1) is 30.3 Å². The number of hydrogen-bond acceptors (Lipinski definition) is 7. The molecule has 0 aliphatic carbocycles. The molecule has 0 aliphatic heterocycles. The van der Waals surface area contributed by atoms with Crippen molar-refractivity contribution in [3.8, 4) is 5.75 Å². The molecule has 0 unspecified atom stereocenters. The van der Waals surface area contributed by atoms with E-state index in [4.69, 9.17) is 4.74 Å². The van der Waals surface area contributed by atoms with E-state index in [1.165, 1.54) is 25.4 Å². The molecule has 11 heteroatoms. The van der Waals surface area contributed by atoms with Gasteiger partial charge in [-0.15, -0.1) is 0 Å². The lowest BCUT2D eigenvalue weighted by atomic mass is 10.2. The number of aromatic nitrogens is 3. The highest BCUT2D eigenvalue weighted by molar-refractivity contribution is 6.05. The quantitative estimate of drug-likeness (QED) is 0.468. The SMILES string of the molecule is COc1ccc(NC(=O)c2c[nH]c(=O)n(Cc3ccccn3)c2=O)c([N+](=O)[O-])c1. The number of benzene rings is 1. The number of hydrogen-bond donors (Lipinski definition) is 2. The summed E-state index contributed by atoms with van der Waals surface area (Å²) in [7, 11) is 1.35. The smallest absolute Gasteiger partial charge is 0.328 e. The summed E-state index contributed by atoms with van der Waals surface area (Å²) in [6, 6.07) is 8.85. The average Bonchev–Trinajstić information content (AvgIpc) is 2.72. The van der Waals surface area contributed by atoms with Crippen molar-refractivity contribution >= 4 is 17.3 Å². The number of carbonyl (C=O) groups excluding carboxylic acids is 1. The van der Waals surface area contributed by atoms with Gasteiger partial charge in [-0.1, -0.05) is 6.07 Å². The van der Waals surface area contributed by atoms with Gasteiger partial charge in [-0.25, -0.2) is 4.79 Å². The van der Waals surface area contributed by atoms with Crippen molar-refractivity contribution in [1.82, 2.24) is 14.5 Å². The predicted molar refractivity (Wildman–Crippen MR) is 102 cm³/mol. The molecule has 148 valence electrons. The van der Waals surface area contributed by atoms with Crippen LogP contribution in [0.2, 0.25) is 0 Å². The topological polar surface area (TPSA) is 149 Å². The normalized spacial score (nSPS) is 10.4. The molecule has 0 radical (unpaired) electrons. The van der Waals surface area contributed by atoms with Crippen molar-refractivity contribution in [2.75, 3.05) is 12.4 Å². The van der Waals surface area contributed by atoms with E-state index in [2.05, 4.69) is 15.3 Å². The third kappa shape index (κ3) is 4.18. The molecule has 2 heterocycles. The van der Waals surface area contributed by atoms with E-state index in [0.717, 1.165) is 16.8 Å². The van der Waals surface area contributed by atoms with Gasteiger partial charge in [0.2, 0.25) is 0 Å². The number of aromatic amines is 1. The number of amides is 1. The Labute approximate surface area is 162 Å². The Hall–Kier alpha value is -4.28. The number of nitro groups is 1. The maximum absolute atomic E-state index is 12.6. The number of nitrogens with zero attached hydrogens (tertiary/aromatic N) is 3. The maximum Gasteiger partial charge on any atom is 0.328 e. The Kier molecular flexibility index (Phi) is 5.49. The van der Waals surface area contributed by atoms with Crippen molar-refractivity contribution in [2.45, 2.75) is 6.54 Å². The number of H-pyrrole nitrogens is 1. The van der Waals surface area contributed by atoms with Crippen LogP contribution < -0.4 is 21.3 Å². The van der Waals surface area contributed by atoms with E-state index in [9.17, 15) is 24.5 Å². The molecule has 1 amide bonds. The minimum atomic E-state index is -0.908. The fourth-order valence-corrected chi connectivity index (χ4v) is 2.56. The molecule has 1 aromatic carbocycles. The zero-order chi connectivity index (χ0) is 21.0. The molecule has 0 saturated carbocycles. The van der Waals surface area contributed by atoms with Gasteiger partial charge < -0.3 is 15.0 Å². The Bertz CT molecular complexity index is 1190. The number of pyridine rings is 1. The van der Waals surface area contributed by atoms with E-state index >= 15 is 0 Å². The van der Waals surface area contributed by atoms with Gasteiger partial charge in [0.15, 0.2) is 0 Å². The molecule has 3 rings (SSSR count). The molecule has 0 aliphatic rings. The van der Waals surface area contributed by atoms with Gasteiger partial charge >= 0.3 is 5.69 Å². The number of anilines is 1. The Balaban J connectivity index is 1.95. The van der Waals surface area contributed by atoms with Gasteiger partial charge in [0.1, 0.15) is 17.0 Å². The Morgan fingerprint density at radius 3 is 2.76 bits per heavy atom. The molecule has 0 spiro atoms. The van der Waals surface area contributed by atoms with E-state index in [1.54, 1.807) is 18.2 Å². The molecule has 11 nitrogen and oxygen atoms in total. The first-order chi connectivity index (χ1) is 13.9. The van der Waals surface area contributed by atoms with Crippen LogP contribution in [0.1, 0.15) is 16.1 Å². The van der Waals surface area contributed by atoms with Crippen molar-refractivity contribution < 1.29 is 14.5 Å². The standard InChI is InChI=1S/C18H15N5O6/c1-29-12-5-6-14(15(8-12)23(27)28)21-16(24)13-9-20-18(26)22(17(13)25)10-11-4-2-3-7-19-11/h2-9H,10H2,1H3,(H,20,26)(H,21,24). The van der Waals surface area contributed by atoms with Gasteiger partial charge in [-0.3, -0.25) is 29.3 Å². The summed E-state index contributed by atoms with van der Waals surface area (Å²) in [5, 5.41) is 13.6. The molecule has 29 heavy (non-hydrogen) atoms.